The molecule has 1 aromatic carbocycles. The minimum absolute atomic E-state index is 0.357. The fraction of sp³-hybridized carbons (Fsp3) is 0.615. The second-order valence-corrected chi connectivity index (χ2v) is 8.87. The van der Waals surface area contributed by atoms with Crippen molar-refractivity contribution in [2.45, 2.75) is 76.5 Å². The van der Waals surface area contributed by atoms with Gasteiger partial charge in [0.05, 0.1) is 14.2 Å². The number of hydrogen-bond donors (Lipinski definition) is 0. The first-order valence-corrected chi connectivity index (χ1v) is 11.4. The molecule has 2 fully saturated rings. The summed E-state index contributed by atoms with van der Waals surface area (Å²) in [6, 6.07) is 6.18. The van der Waals surface area contributed by atoms with Crippen LogP contribution < -0.4 is 9.47 Å². The zero-order chi connectivity index (χ0) is 19.3. The van der Waals surface area contributed by atoms with Gasteiger partial charge in [0.1, 0.15) is 11.5 Å². The third kappa shape index (κ3) is 4.02. The Morgan fingerprint density at radius 2 is 1.25 bits per heavy atom. The van der Waals surface area contributed by atoms with Gasteiger partial charge in [0.2, 0.25) is 0 Å². The summed E-state index contributed by atoms with van der Waals surface area (Å²) < 4.78 is 11.5. The highest BCUT2D eigenvalue weighted by Gasteiger charge is 2.31. The van der Waals surface area contributed by atoms with Gasteiger partial charge in [-0.15, -0.1) is 0 Å². The molecule has 28 heavy (non-hydrogen) atoms. The van der Waals surface area contributed by atoms with Gasteiger partial charge in [-0.1, -0.05) is 56.7 Å². The van der Waals surface area contributed by atoms with Gasteiger partial charge >= 0.3 is 0 Å². The van der Waals surface area contributed by atoms with Crippen LogP contribution >= 0.6 is 0 Å². The molecule has 1 unspecified atom stereocenters. The second kappa shape index (κ2) is 9.20. The third-order valence-corrected chi connectivity index (χ3v) is 7.23. The molecule has 0 spiro atoms. The summed E-state index contributed by atoms with van der Waals surface area (Å²) in [5.74, 6) is 3.82. The molecule has 0 radical (unpaired) electrons. The minimum Gasteiger partial charge on any atom is -0.496 e. The zero-order valence-corrected chi connectivity index (χ0v) is 17.7. The van der Waals surface area contributed by atoms with Crippen LogP contribution in [0.4, 0.5) is 0 Å². The van der Waals surface area contributed by atoms with E-state index in [1.54, 1.807) is 25.4 Å². The van der Waals surface area contributed by atoms with Crippen molar-refractivity contribution in [1.29, 1.82) is 0 Å². The molecule has 4 rings (SSSR count). The van der Waals surface area contributed by atoms with Crippen molar-refractivity contribution < 1.29 is 9.47 Å². The highest BCUT2D eigenvalue weighted by atomic mass is 16.5. The van der Waals surface area contributed by atoms with Gasteiger partial charge in [0, 0.05) is 11.5 Å². The molecule has 0 aromatic heterocycles. The molecule has 0 aliphatic heterocycles. The molecule has 3 aliphatic rings. The van der Waals surface area contributed by atoms with Crippen LogP contribution in [-0.2, 0) is 0 Å². The van der Waals surface area contributed by atoms with Gasteiger partial charge in [0.25, 0.3) is 0 Å². The van der Waals surface area contributed by atoms with Gasteiger partial charge < -0.3 is 9.47 Å². The Balaban J connectivity index is 1.69. The van der Waals surface area contributed by atoms with Crippen molar-refractivity contribution >= 4 is 0 Å². The SMILES string of the molecule is COc1cccc(OC)c1C1C=C(C2CCCCC2)C(C2CCCCC2)=CC1. The summed E-state index contributed by atoms with van der Waals surface area (Å²) in [6.45, 7) is 0. The lowest BCUT2D eigenvalue weighted by Gasteiger charge is -2.35. The maximum absolute atomic E-state index is 5.73. The first-order chi connectivity index (χ1) is 13.8. The Morgan fingerprint density at radius 1 is 0.714 bits per heavy atom. The molecule has 3 aliphatic carbocycles. The van der Waals surface area contributed by atoms with E-state index in [9.17, 15) is 0 Å². The van der Waals surface area contributed by atoms with E-state index >= 15 is 0 Å². The predicted octanol–water partition coefficient (Wildman–Crippen LogP) is 7.20. The normalized spacial score (nSPS) is 24.4. The van der Waals surface area contributed by atoms with Crippen LogP contribution in [0.5, 0.6) is 11.5 Å². The van der Waals surface area contributed by atoms with Crippen molar-refractivity contribution in [2.75, 3.05) is 14.2 Å². The minimum atomic E-state index is 0.357. The molecule has 0 saturated heterocycles. The molecule has 152 valence electrons. The van der Waals surface area contributed by atoms with Crippen LogP contribution in [0.25, 0.3) is 0 Å². The Bertz CT molecular complexity index is 696. The molecule has 0 amide bonds. The highest BCUT2D eigenvalue weighted by Crippen LogP contribution is 2.47. The number of ether oxygens (including phenoxy) is 2. The van der Waals surface area contributed by atoms with Crippen LogP contribution in [0, 0.1) is 11.8 Å². The van der Waals surface area contributed by atoms with E-state index in [-0.39, 0.29) is 0 Å². The Kier molecular flexibility index (Phi) is 6.44. The average Bonchev–Trinajstić information content (AvgIpc) is 2.79. The summed E-state index contributed by atoms with van der Waals surface area (Å²) in [5.41, 5.74) is 4.60. The fourth-order valence-corrected chi connectivity index (χ4v) is 5.80. The standard InChI is InChI=1S/C26H36O2/c1-27-24-14-9-15-25(28-2)26(24)21-16-17-22(19-10-5-3-6-11-19)23(18-21)20-12-7-4-8-13-20/h9,14-15,17-21H,3-8,10-13,16H2,1-2H3. The van der Waals surface area contributed by atoms with E-state index in [4.69, 9.17) is 9.47 Å². The van der Waals surface area contributed by atoms with E-state index in [1.165, 1.54) is 69.8 Å². The number of hydrogen-bond acceptors (Lipinski definition) is 2. The van der Waals surface area contributed by atoms with Crippen molar-refractivity contribution in [2.24, 2.45) is 11.8 Å². The fourth-order valence-electron chi connectivity index (χ4n) is 5.80. The summed E-state index contributed by atoms with van der Waals surface area (Å²) in [5, 5.41) is 0. The maximum atomic E-state index is 5.73. The van der Waals surface area contributed by atoms with Gasteiger partial charge in [-0.2, -0.15) is 0 Å². The summed E-state index contributed by atoms with van der Waals surface area (Å²) in [6.07, 6.45) is 20.2. The molecule has 1 atom stereocenters. The van der Waals surface area contributed by atoms with Gasteiger partial charge in [-0.3, -0.25) is 0 Å². The van der Waals surface area contributed by atoms with Crippen molar-refractivity contribution in [3.8, 4) is 11.5 Å². The lowest BCUT2D eigenvalue weighted by Crippen LogP contribution is -2.20. The monoisotopic (exact) mass is 380 g/mol. The van der Waals surface area contributed by atoms with Crippen LogP contribution in [-0.4, -0.2) is 14.2 Å². The second-order valence-electron chi connectivity index (χ2n) is 8.87. The zero-order valence-electron chi connectivity index (χ0n) is 17.7. The van der Waals surface area contributed by atoms with Crippen LogP contribution in [0.1, 0.15) is 82.1 Å². The lowest BCUT2D eigenvalue weighted by molar-refractivity contribution is 0.367. The van der Waals surface area contributed by atoms with E-state index in [0.29, 0.717) is 5.92 Å². The van der Waals surface area contributed by atoms with Gasteiger partial charge in [-0.05, 0) is 67.2 Å². The predicted molar refractivity (Wildman–Crippen MR) is 116 cm³/mol. The van der Waals surface area contributed by atoms with Crippen LogP contribution in [0.15, 0.2) is 41.5 Å². The molecule has 0 bridgehead atoms. The molecular formula is C26H36O2. The van der Waals surface area contributed by atoms with E-state index < -0.39 is 0 Å². The number of allylic oxidation sites excluding steroid dienone is 4. The van der Waals surface area contributed by atoms with E-state index in [2.05, 4.69) is 24.3 Å². The molecule has 2 heteroatoms. The number of benzene rings is 1. The number of methoxy groups -OCH3 is 2. The highest BCUT2D eigenvalue weighted by molar-refractivity contribution is 5.52. The van der Waals surface area contributed by atoms with Crippen molar-refractivity contribution in [3.05, 3.63) is 47.1 Å². The Morgan fingerprint density at radius 3 is 1.79 bits per heavy atom. The quantitative estimate of drug-likeness (QED) is 0.537. The Hall–Kier alpha value is -1.70. The molecule has 2 saturated carbocycles. The largest absolute Gasteiger partial charge is 0.496 e. The van der Waals surface area contributed by atoms with E-state index in [1.807, 2.05) is 6.07 Å². The molecular weight excluding hydrogens is 344 g/mol. The molecule has 1 aromatic rings. The third-order valence-electron chi connectivity index (χ3n) is 7.23. The van der Waals surface area contributed by atoms with Crippen molar-refractivity contribution in [3.63, 3.8) is 0 Å². The van der Waals surface area contributed by atoms with Gasteiger partial charge in [-0.25, -0.2) is 0 Å². The van der Waals surface area contributed by atoms with Crippen LogP contribution in [0.3, 0.4) is 0 Å². The van der Waals surface area contributed by atoms with E-state index in [0.717, 1.165) is 29.8 Å². The average molecular weight is 381 g/mol. The lowest BCUT2D eigenvalue weighted by atomic mass is 9.70. The summed E-state index contributed by atoms with van der Waals surface area (Å²) in [4.78, 5) is 0. The first kappa shape index (κ1) is 19.6. The Labute approximate surface area is 171 Å². The summed E-state index contributed by atoms with van der Waals surface area (Å²) in [7, 11) is 3.55. The smallest absolute Gasteiger partial charge is 0.126 e. The topological polar surface area (TPSA) is 18.5 Å². The summed E-state index contributed by atoms with van der Waals surface area (Å²) >= 11 is 0. The van der Waals surface area contributed by atoms with Crippen molar-refractivity contribution in [1.82, 2.24) is 0 Å². The maximum Gasteiger partial charge on any atom is 0.126 e. The molecule has 2 nitrogen and oxygen atoms in total. The van der Waals surface area contributed by atoms with Crippen LogP contribution in [0.2, 0.25) is 0 Å². The van der Waals surface area contributed by atoms with Gasteiger partial charge in [0.15, 0.2) is 0 Å². The molecule has 0 N–H and O–H groups in total. The first-order valence-electron chi connectivity index (χ1n) is 11.4. The number of rotatable bonds is 5. The molecule has 0 heterocycles.